The van der Waals surface area contributed by atoms with E-state index in [0.29, 0.717) is 6.42 Å². The van der Waals surface area contributed by atoms with E-state index in [-0.39, 0.29) is 21.0 Å². The zero-order valence-electron chi connectivity index (χ0n) is 12.8. The fourth-order valence-electron chi connectivity index (χ4n) is 1.84. The molecule has 0 amide bonds. The van der Waals surface area contributed by atoms with Crippen molar-refractivity contribution in [1.29, 1.82) is 0 Å². The fraction of sp³-hybridized carbons (Fsp3) is 0.500. The number of carbonyl (C=O) groups is 1. The van der Waals surface area contributed by atoms with Gasteiger partial charge in [0.05, 0.1) is 10.5 Å². The average molecular weight is 334 g/mol. The first kappa shape index (κ1) is 17.9. The smallest absolute Gasteiger partial charge is 0.336 e. The highest BCUT2D eigenvalue weighted by molar-refractivity contribution is 7.89. The number of rotatable bonds is 5. The molecule has 0 fully saturated rings. The zero-order chi connectivity index (χ0) is 16.6. The Bertz CT molecular complexity index is 668. The molecule has 0 aromatic heterocycles. The number of carboxylic acid groups (broad SMARTS) is 1. The molecule has 0 unspecified atom stereocenters. The van der Waals surface area contributed by atoms with Crippen LogP contribution in [-0.4, -0.2) is 36.4 Å². The summed E-state index contributed by atoms with van der Waals surface area (Å²) in [6.45, 7) is 6.98. The lowest BCUT2D eigenvalue weighted by Gasteiger charge is -2.34. The maximum Gasteiger partial charge on any atom is 0.336 e. The van der Waals surface area contributed by atoms with E-state index in [4.69, 9.17) is 16.7 Å². The molecule has 0 atom stereocenters. The summed E-state index contributed by atoms with van der Waals surface area (Å²) in [4.78, 5) is 11.1. The molecule has 0 aliphatic rings. The molecular weight excluding hydrogens is 314 g/mol. The van der Waals surface area contributed by atoms with E-state index in [0.717, 1.165) is 0 Å². The van der Waals surface area contributed by atoms with Gasteiger partial charge in [-0.15, -0.1) is 0 Å². The van der Waals surface area contributed by atoms with E-state index in [9.17, 15) is 13.2 Å². The minimum atomic E-state index is -3.83. The van der Waals surface area contributed by atoms with Crippen LogP contribution < -0.4 is 0 Å². The van der Waals surface area contributed by atoms with Crippen LogP contribution in [0.25, 0.3) is 0 Å². The Hall–Kier alpha value is -1.11. The molecule has 118 valence electrons. The molecule has 0 radical (unpaired) electrons. The van der Waals surface area contributed by atoms with Crippen LogP contribution >= 0.6 is 11.6 Å². The van der Waals surface area contributed by atoms with Crippen molar-refractivity contribution < 1.29 is 18.3 Å². The lowest BCUT2D eigenvalue weighted by Crippen LogP contribution is -2.44. The van der Waals surface area contributed by atoms with Gasteiger partial charge in [-0.3, -0.25) is 0 Å². The molecule has 0 saturated carbocycles. The van der Waals surface area contributed by atoms with E-state index < -0.39 is 21.5 Å². The van der Waals surface area contributed by atoms with Crippen LogP contribution in [0.15, 0.2) is 17.0 Å². The lowest BCUT2D eigenvalue weighted by molar-refractivity contribution is 0.0696. The van der Waals surface area contributed by atoms with E-state index >= 15 is 0 Å². The Morgan fingerprint density at radius 3 is 2.33 bits per heavy atom. The molecule has 0 saturated heterocycles. The van der Waals surface area contributed by atoms with Gasteiger partial charge in [0, 0.05) is 17.6 Å². The number of hydrogen-bond acceptors (Lipinski definition) is 3. The monoisotopic (exact) mass is 333 g/mol. The van der Waals surface area contributed by atoms with Crippen molar-refractivity contribution in [3.05, 3.63) is 28.3 Å². The lowest BCUT2D eigenvalue weighted by atomic mass is 10.0. The van der Waals surface area contributed by atoms with Crippen LogP contribution in [0.4, 0.5) is 0 Å². The number of hydrogen-bond donors (Lipinski definition) is 1. The van der Waals surface area contributed by atoms with Crippen molar-refractivity contribution in [3.8, 4) is 0 Å². The summed E-state index contributed by atoms with van der Waals surface area (Å²) in [5, 5.41) is 9.24. The minimum absolute atomic E-state index is 0.0728. The first-order valence-electron chi connectivity index (χ1n) is 6.47. The van der Waals surface area contributed by atoms with Crippen LogP contribution in [0, 0.1) is 6.92 Å². The third kappa shape index (κ3) is 3.39. The van der Waals surface area contributed by atoms with E-state index in [2.05, 4.69) is 0 Å². The summed E-state index contributed by atoms with van der Waals surface area (Å²) in [7, 11) is -2.35. The highest BCUT2D eigenvalue weighted by Crippen LogP contribution is 2.30. The van der Waals surface area contributed by atoms with Crippen molar-refractivity contribution in [1.82, 2.24) is 4.31 Å². The molecule has 0 aliphatic carbocycles. The van der Waals surface area contributed by atoms with Gasteiger partial charge < -0.3 is 5.11 Å². The maximum atomic E-state index is 12.8. The van der Waals surface area contributed by atoms with Gasteiger partial charge in [0.2, 0.25) is 10.0 Å². The fourth-order valence-corrected chi connectivity index (χ4v) is 3.97. The van der Waals surface area contributed by atoms with Crippen molar-refractivity contribution in [2.24, 2.45) is 0 Å². The Balaban J connectivity index is 3.57. The Kier molecular flexibility index (Phi) is 5.08. The summed E-state index contributed by atoms with van der Waals surface area (Å²) in [5.74, 6) is -1.20. The second kappa shape index (κ2) is 5.94. The number of sulfonamides is 1. The number of carboxylic acids is 1. The van der Waals surface area contributed by atoms with Gasteiger partial charge in [0.25, 0.3) is 0 Å². The number of nitrogens with zero attached hydrogens (tertiary/aromatic N) is 1. The van der Waals surface area contributed by atoms with Gasteiger partial charge in [0.15, 0.2) is 0 Å². The second-order valence-corrected chi connectivity index (χ2v) is 7.89. The second-order valence-electron chi connectivity index (χ2n) is 5.52. The molecule has 0 aliphatic heterocycles. The minimum Gasteiger partial charge on any atom is -0.478 e. The summed E-state index contributed by atoms with van der Waals surface area (Å²) < 4.78 is 26.8. The third-order valence-electron chi connectivity index (χ3n) is 3.91. The van der Waals surface area contributed by atoms with Crippen LogP contribution in [-0.2, 0) is 10.0 Å². The third-order valence-corrected chi connectivity index (χ3v) is 6.32. The Morgan fingerprint density at radius 2 is 1.90 bits per heavy atom. The summed E-state index contributed by atoms with van der Waals surface area (Å²) >= 11 is 5.88. The normalized spacial score (nSPS) is 12.7. The zero-order valence-corrected chi connectivity index (χ0v) is 14.3. The molecule has 5 nitrogen and oxygen atoms in total. The highest BCUT2D eigenvalue weighted by Gasteiger charge is 2.34. The first-order valence-corrected chi connectivity index (χ1v) is 8.29. The SMILES string of the molecule is CCC(C)(C)N(C)S(=O)(=O)c1cc(Cl)cc(C(=O)O)c1C. The van der Waals surface area contributed by atoms with Gasteiger partial charge >= 0.3 is 5.97 Å². The number of halogens is 1. The number of aromatic carboxylic acids is 1. The predicted molar refractivity (Wildman–Crippen MR) is 82.5 cm³/mol. The Labute approximate surface area is 130 Å². The highest BCUT2D eigenvalue weighted by atomic mass is 35.5. The average Bonchev–Trinajstić information content (AvgIpc) is 2.39. The van der Waals surface area contributed by atoms with Crippen LogP contribution in [0.5, 0.6) is 0 Å². The molecular formula is C14H20ClNO4S. The van der Waals surface area contributed by atoms with Gasteiger partial charge in [-0.1, -0.05) is 18.5 Å². The van der Waals surface area contributed by atoms with Crippen molar-refractivity contribution in [2.75, 3.05) is 7.05 Å². The molecule has 1 aromatic rings. The quantitative estimate of drug-likeness (QED) is 0.898. The maximum absolute atomic E-state index is 12.8. The van der Waals surface area contributed by atoms with Crippen LogP contribution in [0.2, 0.25) is 5.02 Å². The summed E-state index contributed by atoms with van der Waals surface area (Å²) in [5.41, 5.74) is -0.508. The van der Waals surface area contributed by atoms with Crippen molar-refractivity contribution in [3.63, 3.8) is 0 Å². The molecule has 1 rings (SSSR count). The van der Waals surface area contributed by atoms with Gasteiger partial charge in [-0.2, -0.15) is 4.31 Å². The van der Waals surface area contributed by atoms with Gasteiger partial charge in [-0.25, -0.2) is 13.2 Å². The molecule has 0 bridgehead atoms. The molecule has 1 aromatic carbocycles. The summed E-state index contributed by atoms with van der Waals surface area (Å²) in [6, 6.07) is 2.55. The van der Waals surface area contributed by atoms with Gasteiger partial charge in [-0.05, 0) is 44.9 Å². The van der Waals surface area contributed by atoms with Gasteiger partial charge in [0.1, 0.15) is 0 Å². The molecule has 21 heavy (non-hydrogen) atoms. The van der Waals surface area contributed by atoms with Crippen molar-refractivity contribution in [2.45, 2.75) is 44.6 Å². The molecule has 0 heterocycles. The molecule has 0 spiro atoms. The first-order chi connectivity index (χ1) is 9.45. The molecule has 1 N–H and O–H groups in total. The van der Waals surface area contributed by atoms with Crippen LogP contribution in [0.3, 0.4) is 0 Å². The predicted octanol–water partition coefficient (Wildman–Crippen LogP) is 3.16. The standard InChI is InChI=1S/C14H20ClNO4S/c1-6-14(3,4)16(5)21(19,20)12-8-10(15)7-11(9(12)2)13(17)18/h7-8H,6H2,1-5H3,(H,17,18). The summed E-state index contributed by atoms with van der Waals surface area (Å²) in [6.07, 6.45) is 0.619. The largest absolute Gasteiger partial charge is 0.478 e. The van der Waals surface area contributed by atoms with E-state index in [1.807, 2.05) is 20.8 Å². The van der Waals surface area contributed by atoms with E-state index in [1.165, 1.54) is 30.4 Å². The Morgan fingerprint density at radius 1 is 1.38 bits per heavy atom. The van der Waals surface area contributed by atoms with Crippen molar-refractivity contribution >= 4 is 27.6 Å². The molecule has 7 heteroatoms. The topological polar surface area (TPSA) is 74.7 Å². The number of benzene rings is 1. The van der Waals surface area contributed by atoms with E-state index in [1.54, 1.807) is 0 Å². The van der Waals surface area contributed by atoms with Crippen LogP contribution in [0.1, 0.15) is 43.1 Å².